The summed E-state index contributed by atoms with van der Waals surface area (Å²) in [5.41, 5.74) is 19.3. The van der Waals surface area contributed by atoms with Gasteiger partial charge in [0.15, 0.2) is 22.8 Å². The van der Waals surface area contributed by atoms with Crippen molar-refractivity contribution in [3.8, 4) is 11.3 Å². The topological polar surface area (TPSA) is 130 Å². The third-order valence-electron chi connectivity index (χ3n) is 2.65. The van der Waals surface area contributed by atoms with Crippen molar-refractivity contribution < 1.29 is 0 Å². The van der Waals surface area contributed by atoms with E-state index in [4.69, 9.17) is 17.2 Å². The van der Waals surface area contributed by atoms with E-state index in [0.29, 0.717) is 16.9 Å². The molecule has 0 atom stereocenters. The number of nitrogens with zero attached hydrogens (tertiary/aromatic N) is 4. The molecule has 0 radical (unpaired) electrons. The van der Waals surface area contributed by atoms with Crippen LogP contribution < -0.4 is 17.2 Å². The Kier molecular flexibility index (Phi) is 2.38. The van der Waals surface area contributed by atoms with E-state index in [1.807, 2.05) is 30.3 Å². The van der Waals surface area contributed by atoms with Crippen LogP contribution in [-0.2, 0) is 0 Å². The van der Waals surface area contributed by atoms with Crippen molar-refractivity contribution in [1.82, 2.24) is 19.9 Å². The largest absolute Gasteiger partial charge is 0.382 e. The number of aromatic nitrogens is 4. The molecule has 2 aromatic heterocycles. The molecule has 0 aliphatic carbocycles. The fourth-order valence-corrected chi connectivity index (χ4v) is 1.81. The second kappa shape index (κ2) is 4.05. The Balaban J connectivity index is 2.31. The van der Waals surface area contributed by atoms with Crippen molar-refractivity contribution in [2.24, 2.45) is 0 Å². The van der Waals surface area contributed by atoms with Crippen molar-refractivity contribution in [1.29, 1.82) is 0 Å². The quantitative estimate of drug-likeness (QED) is 0.585. The average Bonchev–Trinajstić information content (AvgIpc) is 2.40. The molecule has 0 fully saturated rings. The number of hydrogen-bond acceptors (Lipinski definition) is 7. The molecule has 94 valence electrons. The summed E-state index contributed by atoms with van der Waals surface area (Å²) in [6, 6.07) is 9.47. The van der Waals surface area contributed by atoms with Gasteiger partial charge in [-0.3, -0.25) is 0 Å². The SMILES string of the molecule is Nc1nc(N)c2nc(N)c(-c3ccccc3)nc2n1. The second-order valence-corrected chi connectivity index (χ2v) is 3.96. The van der Waals surface area contributed by atoms with Crippen LogP contribution in [0.1, 0.15) is 0 Å². The lowest BCUT2D eigenvalue weighted by molar-refractivity contribution is 1.17. The minimum Gasteiger partial charge on any atom is -0.382 e. The van der Waals surface area contributed by atoms with Crippen molar-refractivity contribution in [3.05, 3.63) is 30.3 Å². The van der Waals surface area contributed by atoms with E-state index in [9.17, 15) is 0 Å². The molecule has 19 heavy (non-hydrogen) atoms. The first-order valence-corrected chi connectivity index (χ1v) is 5.57. The smallest absolute Gasteiger partial charge is 0.224 e. The highest BCUT2D eigenvalue weighted by atomic mass is 15.1. The first-order valence-electron chi connectivity index (χ1n) is 5.57. The highest BCUT2D eigenvalue weighted by Gasteiger charge is 2.12. The van der Waals surface area contributed by atoms with Gasteiger partial charge < -0.3 is 17.2 Å². The molecule has 0 amide bonds. The lowest BCUT2D eigenvalue weighted by atomic mass is 10.1. The predicted molar refractivity (Wildman–Crippen MR) is 73.8 cm³/mol. The first kappa shape index (κ1) is 11.1. The summed E-state index contributed by atoms with van der Waals surface area (Å²) < 4.78 is 0. The number of hydrogen-bond donors (Lipinski definition) is 3. The minimum absolute atomic E-state index is 0.0584. The minimum atomic E-state index is 0.0584. The Bertz CT molecular complexity index is 755. The molecule has 1 aromatic carbocycles. The molecule has 0 saturated heterocycles. The Morgan fingerprint density at radius 3 is 2.21 bits per heavy atom. The standard InChI is InChI=1S/C12H11N7/c13-9-7(6-4-2-1-3-5-6)17-11-8(16-9)10(14)18-12(15)19-11/h1-5H,(H2,13,16)(H4,14,15,17,18,19). The Morgan fingerprint density at radius 1 is 0.737 bits per heavy atom. The molecule has 0 unspecified atom stereocenters. The number of rotatable bonds is 1. The van der Waals surface area contributed by atoms with E-state index in [1.54, 1.807) is 0 Å². The molecule has 3 aromatic rings. The molecule has 0 aliphatic heterocycles. The molecule has 2 heterocycles. The number of anilines is 3. The highest BCUT2D eigenvalue weighted by molar-refractivity contribution is 5.86. The number of nitrogen functional groups attached to an aromatic ring is 3. The van der Waals surface area contributed by atoms with Gasteiger partial charge in [-0.05, 0) is 0 Å². The van der Waals surface area contributed by atoms with Crippen molar-refractivity contribution in [2.75, 3.05) is 17.2 Å². The van der Waals surface area contributed by atoms with E-state index < -0.39 is 0 Å². The van der Waals surface area contributed by atoms with Crippen LogP contribution in [0.25, 0.3) is 22.4 Å². The van der Waals surface area contributed by atoms with Crippen molar-refractivity contribution in [2.45, 2.75) is 0 Å². The van der Waals surface area contributed by atoms with Crippen molar-refractivity contribution >= 4 is 28.7 Å². The summed E-state index contributed by atoms with van der Waals surface area (Å²) in [5, 5.41) is 0. The van der Waals surface area contributed by atoms with Gasteiger partial charge in [0.1, 0.15) is 5.69 Å². The van der Waals surface area contributed by atoms with Gasteiger partial charge in [-0.15, -0.1) is 0 Å². The van der Waals surface area contributed by atoms with Gasteiger partial charge in [0.05, 0.1) is 0 Å². The van der Waals surface area contributed by atoms with Crippen LogP contribution in [0.5, 0.6) is 0 Å². The molecule has 3 rings (SSSR count). The lowest BCUT2D eigenvalue weighted by Gasteiger charge is -2.07. The van der Waals surface area contributed by atoms with Gasteiger partial charge >= 0.3 is 0 Å². The number of benzene rings is 1. The van der Waals surface area contributed by atoms with Crippen LogP contribution in [-0.4, -0.2) is 19.9 Å². The van der Waals surface area contributed by atoms with Crippen LogP contribution in [0.15, 0.2) is 30.3 Å². The van der Waals surface area contributed by atoms with Crippen LogP contribution >= 0.6 is 0 Å². The molecule has 0 spiro atoms. The summed E-state index contributed by atoms with van der Waals surface area (Å²) >= 11 is 0. The number of fused-ring (bicyclic) bond motifs is 1. The van der Waals surface area contributed by atoms with Crippen LogP contribution in [0.2, 0.25) is 0 Å². The summed E-state index contributed by atoms with van der Waals surface area (Å²) in [4.78, 5) is 16.4. The molecular formula is C12H11N7. The molecule has 0 aliphatic rings. The van der Waals surface area contributed by atoms with Crippen LogP contribution in [0.4, 0.5) is 17.6 Å². The van der Waals surface area contributed by atoms with E-state index in [-0.39, 0.29) is 17.6 Å². The second-order valence-electron chi connectivity index (χ2n) is 3.96. The van der Waals surface area contributed by atoms with Crippen molar-refractivity contribution in [3.63, 3.8) is 0 Å². The van der Waals surface area contributed by atoms with Gasteiger partial charge in [0, 0.05) is 5.56 Å². The Hall–Kier alpha value is -2.96. The zero-order valence-corrected chi connectivity index (χ0v) is 9.91. The van der Waals surface area contributed by atoms with Gasteiger partial charge in [-0.1, -0.05) is 30.3 Å². The molecule has 7 heteroatoms. The maximum Gasteiger partial charge on any atom is 0.224 e. The maximum absolute atomic E-state index is 5.91. The zero-order valence-electron chi connectivity index (χ0n) is 9.91. The summed E-state index contributed by atoms with van der Waals surface area (Å²) in [7, 11) is 0. The van der Waals surface area contributed by atoms with Gasteiger partial charge in [-0.2, -0.15) is 9.97 Å². The van der Waals surface area contributed by atoms with Crippen LogP contribution in [0, 0.1) is 0 Å². The number of nitrogens with two attached hydrogens (primary N) is 3. The molecule has 7 nitrogen and oxygen atoms in total. The fraction of sp³-hybridized carbons (Fsp3) is 0. The van der Waals surface area contributed by atoms with E-state index in [2.05, 4.69) is 19.9 Å². The molecule has 0 saturated carbocycles. The van der Waals surface area contributed by atoms with E-state index in [1.165, 1.54) is 0 Å². The Morgan fingerprint density at radius 2 is 1.47 bits per heavy atom. The summed E-state index contributed by atoms with van der Waals surface area (Å²) in [6.07, 6.45) is 0. The van der Waals surface area contributed by atoms with Crippen LogP contribution in [0.3, 0.4) is 0 Å². The maximum atomic E-state index is 5.91. The van der Waals surface area contributed by atoms with Gasteiger partial charge in [-0.25, -0.2) is 9.97 Å². The molecule has 6 N–H and O–H groups in total. The van der Waals surface area contributed by atoms with Gasteiger partial charge in [0.2, 0.25) is 5.95 Å². The fourth-order valence-electron chi connectivity index (χ4n) is 1.81. The normalized spacial score (nSPS) is 10.7. The first-order chi connectivity index (χ1) is 9.15. The molecular weight excluding hydrogens is 242 g/mol. The average molecular weight is 253 g/mol. The molecule has 0 bridgehead atoms. The monoisotopic (exact) mass is 253 g/mol. The Labute approximate surface area is 108 Å². The third-order valence-corrected chi connectivity index (χ3v) is 2.65. The third kappa shape index (κ3) is 1.86. The zero-order chi connectivity index (χ0) is 13.4. The highest BCUT2D eigenvalue weighted by Crippen LogP contribution is 2.25. The summed E-state index contributed by atoms with van der Waals surface area (Å²) in [5.74, 6) is 0.503. The summed E-state index contributed by atoms with van der Waals surface area (Å²) in [6.45, 7) is 0. The van der Waals surface area contributed by atoms with E-state index >= 15 is 0 Å². The predicted octanol–water partition coefficient (Wildman–Crippen LogP) is 0.833. The lowest BCUT2D eigenvalue weighted by Crippen LogP contribution is -2.06. The van der Waals surface area contributed by atoms with E-state index in [0.717, 1.165) is 5.56 Å². The van der Waals surface area contributed by atoms with Gasteiger partial charge in [0.25, 0.3) is 0 Å².